The molecule has 1 radical (unpaired) electrons. The van der Waals surface area contributed by atoms with Gasteiger partial charge in [0.1, 0.15) is 5.75 Å². The first-order chi connectivity index (χ1) is 29.2. The molecule has 7 aromatic rings. The van der Waals surface area contributed by atoms with Gasteiger partial charge >= 0.3 is 0 Å². The number of fused-ring (bicyclic) bond motifs is 2. The quantitative estimate of drug-likeness (QED) is 0.165. The summed E-state index contributed by atoms with van der Waals surface area (Å²) in [5, 5.41) is 2.07. The molecule has 0 atom stereocenters. The van der Waals surface area contributed by atoms with E-state index in [-0.39, 0.29) is 47.8 Å². The third kappa shape index (κ3) is 7.49. The molecule has 0 amide bonds. The number of hydrogen-bond acceptors (Lipinski definition) is 3. The van der Waals surface area contributed by atoms with Gasteiger partial charge in [-0.1, -0.05) is 91.7 Å². The Hall–Kier alpha value is -4.89. The van der Waals surface area contributed by atoms with Crippen LogP contribution in [0.5, 0.6) is 11.5 Å². The number of ether oxygens (including phenoxy) is 1. The maximum atomic E-state index is 9.28. The van der Waals surface area contributed by atoms with Gasteiger partial charge in [-0.05, 0) is 119 Å². The van der Waals surface area contributed by atoms with Gasteiger partial charge in [0.2, 0.25) is 0 Å². The Balaban J connectivity index is 0.000000295. The van der Waals surface area contributed by atoms with Gasteiger partial charge in [-0.15, -0.1) is 54.1 Å². The molecule has 1 fully saturated rings. The molecular weight excluding hydrogens is 825 g/mol. The molecule has 0 spiro atoms. The Morgan fingerprint density at radius 3 is 2.30 bits per heavy atom. The van der Waals surface area contributed by atoms with Gasteiger partial charge in [0.15, 0.2) is 0 Å². The molecule has 3 nitrogen and oxygen atoms in total. The molecule has 1 aliphatic carbocycles. The third-order valence-electron chi connectivity index (χ3n) is 10.2. The fraction of sp³-hybridized carbons (Fsp3) is 0.224. The largest absolute Gasteiger partial charge is 0.501 e. The maximum absolute atomic E-state index is 9.28. The van der Waals surface area contributed by atoms with Crippen molar-refractivity contribution in [2.24, 2.45) is 5.41 Å². The molecule has 1 saturated carbocycles. The molecule has 1 aliphatic heterocycles. The van der Waals surface area contributed by atoms with E-state index in [2.05, 4.69) is 35.9 Å². The molecule has 0 N–H and O–H groups in total. The summed E-state index contributed by atoms with van der Waals surface area (Å²) >= 11 is 0. The molecule has 53 heavy (non-hydrogen) atoms. The normalized spacial score (nSPS) is 18.4. The Kier molecular flexibility index (Phi) is 7.46. The van der Waals surface area contributed by atoms with E-state index in [0.29, 0.717) is 46.7 Å². The van der Waals surface area contributed by atoms with E-state index in [0.717, 1.165) is 46.0 Å². The molecule has 9 rings (SSSR count). The standard InChI is InChI=1S/C37H34NO.C12H10N.Ir/c1-23-20-27(25-16-18-37(3,4)19-17-25)14-15-28(23)32-21-33(38-22-24(32)2)31-12-7-11-30-29-10-5-8-26-9-6-13-34(35(26)29)39-36(30)31;1-10-7-8-12(13-9-10)11-5-3-2-4-6-11;/h5-11,13-15,20-22,25H,16-19H2,1-4H3;2-5,7-9H,1H3;/q2*-1;/i1D3,2D3,25D;1D3;. The predicted octanol–water partition coefficient (Wildman–Crippen LogP) is 13.3. The fourth-order valence-electron chi connectivity index (χ4n) is 7.16. The number of benzene rings is 5. The van der Waals surface area contributed by atoms with Crippen molar-refractivity contribution >= 4 is 10.8 Å². The summed E-state index contributed by atoms with van der Waals surface area (Å²) < 4.78 is 87.9. The summed E-state index contributed by atoms with van der Waals surface area (Å²) in [4.78, 5) is 8.70. The van der Waals surface area contributed by atoms with Crippen molar-refractivity contribution < 1.29 is 38.5 Å². The number of rotatable bonds is 4. The molecule has 2 aromatic heterocycles. The summed E-state index contributed by atoms with van der Waals surface area (Å²) in [7, 11) is 0. The second-order valence-electron chi connectivity index (χ2n) is 14.2. The fourth-order valence-corrected chi connectivity index (χ4v) is 7.16. The number of nitrogens with zero attached hydrogens (tertiary/aromatic N) is 2. The number of aromatic nitrogens is 2. The number of hydrogen-bond donors (Lipinski definition) is 0. The van der Waals surface area contributed by atoms with Crippen molar-refractivity contribution in [2.75, 3.05) is 0 Å². The Labute approximate surface area is 341 Å². The predicted molar refractivity (Wildman–Crippen MR) is 215 cm³/mol. The summed E-state index contributed by atoms with van der Waals surface area (Å²) in [6.07, 6.45) is 5.71. The van der Waals surface area contributed by atoms with Crippen LogP contribution in [0.3, 0.4) is 0 Å². The van der Waals surface area contributed by atoms with Gasteiger partial charge in [0.05, 0.1) is 5.75 Å². The van der Waals surface area contributed by atoms with E-state index < -0.39 is 26.4 Å². The molecule has 0 bridgehead atoms. The van der Waals surface area contributed by atoms with E-state index in [1.807, 2.05) is 60.7 Å². The van der Waals surface area contributed by atoms with E-state index in [9.17, 15) is 1.37 Å². The first-order valence-electron chi connectivity index (χ1n) is 22.6. The zero-order chi connectivity index (χ0) is 44.2. The van der Waals surface area contributed by atoms with E-state index in [1.54, 1.807) is 48.5 Å². The molecule has 4 heteroatoms. The summed E-state index contributed by atoms with van der Waals surface area (Å²) in [5.74, 6) is 0.354. The zero-order valence-corrected chi connectivity index (χ0v) is 31.9. The monoisotopic (exact) mass is 879 g/mol. The molecule has 0 saturated heterocycles. The van der Waals surface area contributed by atoms with Crippen molar-refractivity contribution in [1.82, 2.24) is 9.97 Å². The van der Waals surface area contributed by atoms with E-state index in [1.165, 1.54) is 12.4 Å². The van der Waals surface area contributed by atoms with E-state index >= 15 is 0 Å². The minimum absolute atomic E-state index is 0. The Morgan fingerprint density at radius 1 is 0.717 bits per heavy atom. The van der Waals surface area contributed by atoms with Crippen LogP contribution in [0.15, 0.2) is 122 Å². The van der Waals surface area contributed by atoms with Crippen LogP contribution in [0.25, 0.3) is 55.5 Å². The zero-order valence-electron chi connectivity index (χ0n) is 39.5. The van der Waals surface area contributed by atoms with Crippen LogP contribution in [-0.2, 0) is 20.1 Å². The molecule has 5 aromatic carbocycles. The van der Waals surface area contributed by atoms with Crippen molar-refractivity contribution in [3.63, 3.8) is 0 Å². The van der Waals surface area contributed by atoms with Crippen molar-refractivity contribution in [1.29, 1.82) is 0 Å². The Morgan fingerprint density at radius 2 is 1.55 bits per heavy atom. The van der Waals surface area contributed by atoms with Gasteiger partial charge in [-0.3, -0.25) is 0 Å². The molecular formula is C49H44IrN2O-2. The smallest absolute Gasteiger partial charge is 0.122 e. The molecule has 3 heterocycles. The van der Waals surface area contributed by atoms with Gasteiger partial charge in [-0.25, -0.2) is 0 Å². The molecule has 2 aliphatic rings. The van der Waals surface area contributed by atoms with Crippen molar-refractivity contribution in [3.05, 3.63) is 156 Å². The SMILES string of the molecule is [2H]C([2H])([2H])c1ccc(-c2[c-]cccc2)nc1.[2H]C([2H])([2H])c1cnc(-c2[c-]ccc3c2Oc2cccc4cccc-3c24)cc1-c1ccc(C2([2H])CCC(C)(C)CC2)cc1C([2H])([2H])[2H].[Ir]. The summed E-state index contributed by atoms with van der Waals surface area (Å²) in [6.45, 7) is -2.79. The second-order valence-corrected chi connectivity index (χ2v) is 14.2. The first kappa shape index (κ1) is 26.0. The van der Waals surface area contributed by atoms with Crippen LogP contribution in [0.1, 0.15) is 81.4 Å². The average Bonchev–Trinajstić information content (AvgIpc) is 3.24. The van der Waals surface area contributed by atoms with Crippen molar-refractivity contribution in [2.45, 2.75) is 66.0 Å². The van der Waals surface area contributed by atoms with Crippen LogP contribution in [0.2, 0.25) is 0 Å². The minimum Gasteiger partial charge on any atom is -0.501 e. The first-order valence-corrected chi connectivity index (χ1v) is 17.6. The Bertz CT molecular complexity index is 2770. The molecule has 0 unspecified atom stereocenters. The van der Waals surface area contributed by atoms with E-state index in [4.69, 9.17) is 17.1 Å². The van der Waals surface area contributed by atoms with Gasteiger partial charge in [-0.2, -0.15) is 0 Å². The number of aryl methyl sites for hydroxylation is 3. The van der Waals surface area contributed by atoms with Crippen molar-refractivity contribution in [3.8, 4) is 56.3 Å². The topological polar surface area (TPSA) is 35.0 Å². The average molecular weight is 879 g/mol. The van der Waals surface area contributed by atoms with Crippen LogP contribution >= 0.6 is 0 Å². The third-order valence-corrected chi connectivity index (χ3v) is 10.2. The number of pyridine rings is 2. The second kappa shape index (κ2) is 15.2. The van der Waals surface area contributed by atoms with Gasteiger partial charge in [0.25, 0.3) is 0 Å². The molecule has 267 valence electrons. The van der Waals surface area contributed by atoms with Crippen LogP contribution in [-0.4, -0.2) is 9.97 Å². The van der Waals surface area contributed by atoms with Crippen LogP contribution < -0.4 is 4.74 Å². The van der Waals surface area contributed by atoms with Gasteiger partial charge in [0, 0.05) is 51.6 Å². The van der Waals surface area contributed by atoms with Gasteiger partial charge < -0.3 is 14.7 Å². The summed E-state index contributed by atoms with van der Waals surface area (Å²) in [5.41, 5.74) is 6.01. The summed E-state index contributed by atoms with van der Waals surface area (Å²) in [6, 6.07) is 39.5. The maximum Gasteiger partial charge on any atom is 0.122 e. The van der Waals surface area contributed by atoms with Crippen LogP contribution in [0.4, 0.5) is 0 Å². The van der Waals surface area contributed by atoms with Crippen LogP contribution in [0, 0.1) is 38.1 Å². The minimum atomic E-state index is -2.55.